The van der Waals surface area contributed by atoms with E-state index in [0.29, 0.717) is 47.3 Å². The number of aromatic amines is 1. The molecule has 4 aromatic rings. The van der Waals surface area contributed by atoms with E-state index >= 15 is 0 Å². The van der Waals surface area contributed by atoms with E-state index < -0.39 is 15.8 Å². The highest BCUT2D eigenvalue weighted by atomic mass is 32.2. The van der Waals surface area contributed by atoms with Crippen molar-refractivity contribution in [1.29, 1.82) is 0 Å². The van der Waals surface area contributed by atoms with E-state index in [9.17, 15) is 8.42 Å². The molecule has 0 aliphatic carbocycles. The maximum atomic E-state index is 12.6. The number of nitrogens with two attached hydrogens (primary N) is 1. The van der Waals surface area contributed by atoms with E-state index in [4.69, 9.17) is 15.5 Å². The van der Waals surface area contributed by atoms with Gasteiger partial charge >= 0.3 is 0 Å². The van der Waals surface area contributed by atoms with Crippen LogP contribution < -0.4 is 25.4 Å². The SMILES string of the molecule is COc1cc(-c2cnn(CCN(C)C)c2)ccc1C1(N)N=C(Nc2cccc3c2N(S(C)(=O)=O)CC3)c2cc[nH]c2N1. The summed E-state index contributed by atoms with van der Waals surface area (Å²) in [6.07, 6.45) is 7.51. The van der Waals surface area contributed by atoms with Crippen molar-refractivity contribution in [3.8, 4) is 16.9 Å². The summed E-state index contributed by atoms with van der Waals surface area (Å²) in [6.45, 7) is 2.07. The highest BCUT2D eigenvalue weighted by Crippen LogP contribution is 2.40. The number of likely N-dealkylation sites (N-methyl/N-ethyl adjacent to an activating group) is 1. The van der Waals surface area contributed by atoms with Gasteiger partial charge in [0.15, 0.2) is 0 Å². The molecule has 0 fully saturated rings. The second-order valence-corrected chi connectivity index (χ2v) is 12.8. The van der Waals surface area contributed by atoms with Gasteiger partial charge in [-0.2, -0.15) is 5.10 Å². The first-order valence-corrected chi connectivity index (χ1v) is 15.5. The fraction of sp³-hybridized carbons (Fsp3) is 0.310. The number of nitrogens with one attached hydrogen (secondary N) is 3. The lowest BCUT2D eigenvalue weighted by Crippen LogP contribution is -2.47. The Labute approximate surface area is 245 Å². The van der Waals surface area contributed by atoms with Gasteiger partial charge < -0.3 is 25.3 Å². The summed E-state index contributed by atoms with van der Waals surface area (Å²) < 4.78 is 34.3. The van der Waals surface area contributed by atoms with E-state index in [1.807, 2.05) is 73.6 Å². The summed E-state index contributed by atoms with van der Waals surface area (Å²) >= 11 is 0. The van der Waals surface area contributed by atoms with Gasteiger partial charge in [-0.1, -0.05) is 18.2 Å². The van der Waals surface area contributed by atoms with Crippen LogP contribution in [0.1, 0.15) is 16.7 Å². The average Bonchev–Trinajstić information content (AvgIpc) is 3.71. The van der Waals surface area contributed by atoms with E-state index in [1.54, 1.807) is 13.3 Å². The van der Waals surface area contributed by atoms with E-state index in [1.165, 1.54) is 10.6 Å². The Bertz CT molecular complexity index is 1780. The number of methoxy groups -OCH3 is 1. The van der Waals surface area contributed by atoms with Crippen LogP contribution >= 0.6 is 0 Å². The number of ether oxygens (including phenoxy) is 1. The second-order valence-electron chi connectivity index (χ2n) is 10.9. The summed E-state index contributed by atoms with van der Waals surface area (Å²) in [5.74, 6) is 0.338. The van der Waals surface area contributed by atoms with Gasteiger partial charge in [-0.3, -0.25) is 14.7 Å². The largest absolute Gasteiger partial charge is 0.496 e. The number of hydrogen-bond acceptors (Lipinski definition) is 9. The van der Waals surface area contributed by atoms with Crippen molar-refractivity contribution in [1.82, 2.24) is 19.7 Å². The van der Waals surface area contributed by atoms with Crippen LogP contribution in [0.3, 0.4) is 0 Å². The molecular weight excluding hydrogens is 554 g/mol. The number of para-hydroxylation sites is 1. The number of amidine groups is 1. The van der Waals surface area contributed by atoms with E-state index in [0.717, 1.165) is 35.3 Å². The van der Waals surface area contributed by atoms with E-state index in [-0.39, 0.29) is 0 Å². The molecule has 6 rings (SSSR count). The smallest absolute Gasteiger partial charge is 0.232 e. The van der Waals surface area contributed by atoms with Gasteiger partial charge in [-0.05, 0) is 55.9 Å². The van der Waals surface area contributed by atoms with Crippen LogP contribution in [0.5, 0.6) is 5.75 Å². The quantitative estimate of drug-likeness (QED) is 0.246. The zero-order chi connectivity index (χ0) is 29.6. The molecule has 0 amide bonds. The van der Waals surface area contributed by atoms with Gasteiger partial charge in [0.05, 0.1) is 48.6 Å². The number of H-pyrrole nitrogens is 1. The highest BCUT2D eigenvalue weighted by Gasteiger charge is 2.37. The monoisotopic (exact) mass is 589 g/mol. The Morgan fingerprint density at radius 1 is 1.19 bits per heavy atom. The van der Waals surface area contributed by atoms with Gasteiger partial charge in [-0.25, -0.2) is 13.4 Å². The Hall–Kier alpha value is -4.33. The number of sulfonamides is 1. The van der Waals surface area contributed by atoms with Gasteiger partial charge in [0.1, 0.15) is 17.4 Å². The van der Waals surface area contributed by atoms with Crippen molar-refractivity contribution in [3.05, 3.63) is 77.7 Å². The first-order chi connectivity index (χ1) is 20.1. The van der Waals surface area contributed by atoms with Crippen molar-refractivity contribution >= 4 is 33.1 Å². The minimum atomic E-state index is -3.45. The minimum absolute atomic E-state index is 0.398. The van der Waals surface area contributed by atoms with Gasteiger partial charge in [0.2, 0.25) is 15.8 Å². The molecular formula is C29H35N9O3S. The number of rotatable bonds is 8. The Morgan fingerprint density at radius 2 is 2.02 bits per heavy atom. The maximum Gasteiger partial charge on any atom is 0.232 e. The van der Waals surface area contributed by atoms with Crippen molar-refractivity contribution in [2.45, 2.75) is 18.8 Å². The molecule has 0 bridgehead atoms. The topological polar surface area (TPSA) is 146 Å². The lowest BCUT2D eigenvalue weighted by molar-refractivity contribution is 0.373. The molecule has 1 unspecified atom stereocenters. The molecule has 2 aliphatic rings. The summed E-state index contributed by atoms with van der Waals surface area (Å²) in [6, 6.07) is 13.4. The second kappa shape index (κ2) is 10.5. The lowest BCUT2D eigenvalue weighted by atomic mass is 10.0. The average molecular weight is 590 g/mol. The fourth-order valence-electron chi connectivity index (χ4n) is 5.45. The van der Waals surface area contributed by atoms with Crippen LogP contribution in [0.2, 0.25) is 0 Å². The van der Waals surface area contributed by atoms with Crippen LogP contribution in [0.15, 0.2) is 66.0 Å². The van der Waals surface area contributed by atoms with E-state index in [2.05, 4.69) is 25.6 Å². The third-order valence-electron chi connectivity index (χ3n) is 7.57. The molecule has 0 radical (unpaired) electrons. The molecule has 0 saturated heterocycles. The molecule has 4 heterocycles. The predicted octanol–water partition coefficient (Wildman–Crippen LogP) is 2.82. The van der Waals surface area contributed by atoms with Gasteiger partial charge in [0.25, 0.3) is 0 Å². The number of aliphatic imine (C=N–C) groups is 1. The molecule has 5 N–H and O–H groups in total. The number of hydrogen-bond donors (Lipinski definition) is 4. The minimum Gasteiger partial charge on any atom is -0.496 e. The third-order valence-corrected chi connectivity index (χ3v) is 8.73. The first kappa shape index (κ1) is 27.8. The lowest BCUT2D eigenvalue weighted by Gasteiger charge is -2.34. The molecule has 13 heteroatoms. The Morgan fingerprint density at radius 3 is 2.79 bits per heavy atom. The summed E-state index contributed by atoms with van der Waals surface area (Å²) in [4.78, 5) is 10.3. The maximum absolute atomic E-state index is 12.6. The Kier molecular flexibility index (Phi) is 6.95. The number of fused-ring (bicyclic) bond motifs is 2. The number of nitrogens with zero attached hydrogens (tertiary/aromatic N) is 5. The molecule has 1 atom stereocenters. The van der Waals surface area contributed by atoms with Gasteiger partial charge in [-0.15, -0.1) is 0 Å². The molecule has 12 nitrogen and oxygen atoms in total. The third kappa shape index (κ3) is 5.10. The van der Waals surface area contributed by atoms with Crippen molar-refractivity contribution in [3.63, 3.8) is 0 Å². The zero-order valence-corrected chi connectivity index (χ0v) is 24.9. The predicted molar refractivity (Wildman–Crippen MR) is 166 cm³/mol. The molecule has 42 heavy (non-hydrogen) atoms. The molecule has 0 spiro atoms. The van der Waals surface area contributed by atoms with Crippen molar-refractivity contribution < 1.29 is 13.2 Å². The highest BCUT2D eigenvalue weighted by molar-refractivity contribution is 7.92. The van der Waals surface area contributed by atoms with Crippen LogP contribution in [-0.2, 0) is 28.8 Å². The fourth-order valence-corrected chi connectivity index (χ4v) is 6.42. The zero-order valence-electron chi connectivity index (χ0n) is 24.0. The normalized spacial score (nSPS) is 18.0. The summed E-state index contributed by atoms with van der Waals surface area (Å²) in [5, 5.41) is 11.2. The van der Waals surface area contributed by atoms with Crippen LogP contribution in [0.25, 0.3) is 11.1 Å². The van der Waals surface area contributed by atoms with Crippen LogP contribution in [0, 0.1) is 0 Å². The van der Waals surface area contributed by atoms with Crippen LogP contribution in [-0.4, -0.2) is 74.5 Å². The number of aromatic nitrogens is 3. The van der Waals surface area contributed by atoms with Gasteiger partial charge in [0, 0.05) is 31.0 Å². The number of anilines is 3. The molecule has 2 aromatic carbocycles. The molecule has 2 aromatic heterocycles. The summed E-state index contributed by atoms with van der Waals surface area (Å²) in [7, 11) is 2.22. The standard InChI is InChI=1S/C29H35N9O3S/c1-36(2)14-15-37-18-21(17-32-37)20-8-9-23(25(16-20)41-3)29(30)34-27-22(10-12-31-27)28(35-29)33-24-7-5-6-19-11-13-38(26(19)24)42(4,39)40/h5-10,12,16-18,31,34H,11,13-15,30H2,1-4H3,(H,33,35). The number of benzene rings is 2. The first-order valence-electron chi connectivity index (χ1n) is 13.6. The van der Waals surface area contributed by atoms with Crippen molar-refractivity contribution in [2.24, 2.45) is 10.7 Å². The molecule has 0 saturated carbocycles. The Balaban J connectivity index is 1.36. The molecule has 220 valence electrons. The van der Waals surface area contributed by atoms with Crippen LogP contribution in [0.4, 0.5) is 17.2 Å². The molecule has 2 aliphatic heterocycles. The van der Waals surface area contributed by atoms with Crippen molar-refractivity contribution in [2.75, 3.05) is 55.5 Å². The summed E-state index contributed by atoms with van der Waals surface area (Å²) in [5.41, 5.74) is 12.5.